The zero-order valence-corrected chi connectivity index (χ0v) is 11.8. The standard InChI is InChI=1S/C14H20IN/c1-2-3-4-5-6-11-14(16)12-9-7-8-10-13(12)15/h2,7-10,14H,1,3-6,11,16H2. The predicted molar refractivity (Wildman–Crippen MR) is 79.4 cm³/mol. The molecule has 0 aliphatic heterocycles. The Balaban J connectivity index is 2.32. The summed E-state index contributed by atoms with van der Waals surface area (Å²) in [4.78, 5) is 0. The lowest BCUT2D eigenvalue weighted by Crippen LogP contribution is -2.11. The number of allylic oxidation sites excluding steroid dienone is 1. The van der Waals surface area contributed by atoms with Gasteiger partial charge in [-0.15, -0.1) is 6.58 Å². The molecule has 0 bridgehead atoms. The van der Waals surface area contributed by atoms with Crippen LogP contribution in [0.25, 0.3) is 0 Å². The second-order valence-electron chi connectivity index (χ2n) is 4.05. The molecule has 1 nitrogen and oxygen atoms in total. The first-order valence-electron chi connectivity index (χ1n) is 5.86. The summed E-state index contributed by atoms with van der Waals surface area (Å²) < 4.78 is 1.28. The van der Waals surface area contributed by atoms with Gasteiger partial charge in [-0.2, -0.15) is 0 Å². The summed E-state index contributed by atoms with van der Waals surface area (Å²) in [7, 11) is 0. The number of unbranched alkanes of at least 4 members (excludes halogenated alkanes) is 3. The van der Waals surface area contributed by atoms with Crippen molar-refractivity contribution in [3.63, 3.8) is 0 Å². The third-order valence-corrected chi connectivity index (χ3v) is 3.71. The maximum absolute atomic E-state index is 6.19. The molecule has 0 radical (unpaired) electrons. The molecule has 0 aliphatic carbocycles. The summed E-state index contributed by atoms with van der Waals surface area (Å²) in [6.07, 6.45) is 7.89. The number of nitrogens with two attached hydrogens (primary N) is 1. The molecule has 0 amide bonds. The Hall–Kier alpha value is -0.350. The van der Waals surface area contributed by atoms with Crippen LogP contribution >= 0.6 is 22.6 Å². The second-order valence-corrected chi connectivity index (χ2v) is 5.22. The smallest absolute Gasteiger partial charge is 0.0305 e. The average Bonchev–Trinajstić information content (AvgIpc) is 2.29. The van der Waals surface area contributed by atoms with E-state index in [-0.39, 0.29) is 6.04 Å². The van der Waals surface area contributed by atoms with E-state index in [1.807, 2.05) is 6.08 Å². The summed E-state index contributed by atoms with van der Waals surface area (Å²) in [6.45, 7) is 3.73. The Bertz CT molecular complexity index is 322. The molecule has 2 heteroatoms. The zero-order chi connectivity index (χ0) is 11.8. The van der Waals surface area contributed by atoms with Gasteiger partial charge in [-0.05, 0) is 53.5 Å². The fourth-order valence-corrected chi connectivity index (χ4v) is 2.55. The van der Waals surface area contributed by atoms with Gasteiger partial charge in [-0.25, -0.2) is 0 Å². The summed E-state index contributed by atoms with van der Waals surface area (Å²) in [5, 5.41) is 0. The number of halogens is 1. The Morgan fingerprint density at radius 1 is 1.25 bits per heavy atom. The molecular formula is C14H20IN. The van der Waals surface area contributed by atoms with E-state index in [1.165, 1.54) is 28.4 Å². The fourth-order valence-electron chi connectivity index (χ4n) is 1.76. The van der Waals surface area contributed by atoms with Crippen LogP contribution in [0.4, 0.5) is 0 Å². The van der Waals surface area contributed by atoms with Crippen LogP contribution in [0.5, 0.6) is 0 Å². The van der Waals surface area contributed by atoms with Crippen LogP contribution in [-0.4, -0.2) is 0 Å². The number of hydrogen-bond donors (Lipinski definition) is 1. The Kier molecular flexibility index (Phi) is 6.73. The van der Waals surface area contributed by atoms with Crippen molar-refractivity contribution in [2.75, 3.05) is 0 Å². The number of benzene rings is 1. The monoisotopic (exact) mass is 329 g/mol. The van der Waals surface area contributed by atoms with Crippen molar-refractivity contribution in [2.45, 2.75) is 38.1 Å². The van der Waals surface area contributed by atoms with Crippen molar-refractivity contribution < 1.29 is 0 Å². The summed E-state index contributed by atoms with van der Waals surface area (Å²) in [5.74, 6) is 0. The van der Waals surface area contributed by atoms with Crippen molar-refractivity contribution in [3.8, 4) is 0 Å². The van der Waals surface area contributed by atoms with E-state index in [4.69, 9.17) is 5.73 Å². The van der Waals surface area contributed by atoms with E-state index >= 15 is 0 Å². The lowest BCUT2D eigenvalue weighted by Gasteiger charge is -2.13. The van der Waals surface area contributed by atoms with Gasteiger partial charge in [0.05, 0.1) is 0 Å². The van der Waals surface area contributed by atoms with Gasteiger partial charge in [-0.3, -0.25) is 0 Å². The van der Waals surface area contributed by atoms with Crippen LogP contribution in [0.3, 0.4) is 0 Å². The Morgan fingerprint density at radius 3 is 2.69 bits per heavy atom. The first-order valence-corrected chi connectivity index (χ1v) is 6.94. The molecule has 16 heavy (non-hydrogen) atoms. The lowest BCUT2D eigenvalue weighted by molar-refractivity contribution is 0.571. The molecule has 1 atom stereocenters. The van der Waals surface area contributed by atoms with Crippen LogP contribution in [0.2, 0.25) is 0 Å². The average molecular weight is 329 g/mol. The van der Waals surface area contributed by atoms with Crippen LogP contribution in [0, 0.1) is 3.57 Å². The largest absolute Gasteiger partial charge is 0.324 e. The minimum absolute atomic E-state index is 0.192. The van der Waals surface area contributed by atoms with E-state index in [0.29, 0.717) is 0 Å². The molecule has 1 aromatic rings. The molecule has 0 saturated heterocycles. The molecular weight excluding hydrogens is 309 g/mol. The summed E-state index contributed by atoms with van der Waals surface area (Å²) in [5.41, 5.74) is 7.47. The van der Waals surface area contributed by atoms with Gasteiger partial charge >= 0.3 is 0 Å². The Labute approximate surface area is 112 Å². The molecule has 1 aromatic carbocycles. The third kappa shape index (κ3) is 4.66. The maximum Gasteiger partial charge on any atom is 0.0305 e. The van der Waals surface area contributed by atoms with Gasteiger partial charge in [0.2, 0.25) is 0 Å². The minimum Gasteiger partial charge on any atom is -0.324 e. The van der Waals surface area contributed by atoms with Crippen LogP contribution in [0.1, 0.15) is 43.7 Å². The van der Waals surface area contributed by atoms with Crippen molar-refractivity contribution in [1.29, 1.82) is 0 Å². The van der Waals surface area contributed by atoms with Crippen molar-refractivity contribution in [1.82, 2.24) is 0 Å². The topological polar surface area (TPSA) is 26.0 Å². The molecule has 88 valence electrons. The van der Waals surface area contributed by atoms with Crippen LogP contribution < -0.4 is 5.73 Å². The van der Waals surface area contributed by atoms with Gasteiger partial charge in [-0.1, -0.05) is 37.1 Å². The van der Waals surface area contributed by atoms with Gasteiger partial charge in [0.25, 0.3) is 0 Å². The molecule has 0 aliphatic rings. The molecule has 0 heterocycles. The van der Waals surface area contributed by atoms with Crippen molar-refractivity contribution in [3.05, 3.63) is 46.1 Å². The molecule has 2 N–H and O–H groups in total. The number of rotatable bonds is 7. The number of hydrogen-bond acceptors (Lipinski definition) is 1. The molecule has 0 fully saturated rings. The van der Waals surface area contributed by atoms with E-state index in [1.54, 1.807) is 0 Å². The van der Waals surface area contributed by atoms with E-state index in [0.717, 1.165) is 12.8 Å². The lowest BCUT2D eigenvalue weighted by atomic mass is 10.0. The van der Waals surface area contributed by atoms with E-state index in [2.05, 4.69) is 53.4 Å². The van der Waals surface area contributed by atoms with Gasteiger partial charge in [0.1, 0.15) is 0 Å². The highest BCUT2D eigenvalue weighted by atomic mass is 127. The summed E-state index contributed by atoms with van der Waals surface area (Å²) >= 11 is 2.36. The first-order chi connectivity index (χ1) is 7.75. The van der Waals surface area contributed by atoms with E-state index < -0.39 is 0 Å². The highest BCUT2D eigenvalue weighted by molar-refractivity contribution is 14.1. The highest BCUT2D eigenvalue weighted by Gasteiger charge is 2.08. The molecule has 0 spiro atoms. The van der Waals surface area contributed by atoms with Gasteiger partial charge in [0, 0.05) is 9.61 Å². The molecule has 1 unspecified atom stereocenters. The minimum atomic E-state index is 0.192. The molecule has 0 saturated carbocycles. The summed E-state index contributed by atoms with van der Waals surface area (Å²) in [6, 6.07) is 8.57. The SMILES string of the molecule is C=CCCCCCC(N)c1ccccc1I. The quantitative estimate of drug-likeness (QED) is 0.447. The van der Waals surface area contributed by atoms with Crippen molar-refractivity contribution >= 4 is 22.6 Å². The highest BCUT2D eigenvalue weighted by Crippen LogP contribution is 2.22. The molecule has 0 aromatic heterocycles. The maximum atomic E-state index is 6.19. The third-order valence-electron chi connectivity index (χ3n) is 2.73. The van der Waals surface area contributed by atoms with Crippen molar-refractivity contribution in [2.24, 2.45) is 5.73 Å². The predicted octanol–water partition coefficient (Wildman–Crippen LogP) is 4.43. The van der Waals surface area contributed by atoms with Crippen LogP contribution in [-0.2, 0) is 0 Å². The molecule has 1 rings (SSSR count). The first kappa shape index (κ1) is 13.7. The zero-order valence-electron chi connectivity index (χ0n) is 9.66. The second kappa shape index (κ2) is 7.85. The fraction of sp³-hybridized carbons (Fsp3) is 0.429. The normalized spacial score (nSPS) is 12.4. The van der Waals surface area contributed by atoms with Crippen LogP contribution in [0.15, 0.2) is 36.9 Å². The van der Waals surface area contributed by atoms with Gasteiger partial charge in [0.15, 0.2) is 0 Å². The Morgan fingerprint density at radius 2 is 2.00 bits per heavy atom. The van der Waals surface area contributed by atoms with E-state index in [9.17, 15) is 0 Å². The van der Waals surface area contributed by atoms with Gasteiger partial charge < -0.3 is 5.73 Å².